The minimum absolute atomic E-state index is 0.0643. The lowest BCUT2D eigenvalue weighted by atomic mass is 10.7. The topological polar surface area (TPSA) is 29.1 Å². The molecule has 1 aromatic carbocycles. The van der Waals surface area contributed by atoms with Crippen molar-refractivity contribution in [3.8, 4) is 0 Å². The van der Waals surface area contributed by atoms with Gasteiger partial charge in [-0.1, -0.05) is 43.4 Å². The highest BCUT2D eigenvalue weighted by molar-refractivity contribution is 6.89. The van der Waals surface area contributed by atoms with E-state index < -0.39 is 8.07 Å². The fraction of sp³-hybridized carbons (Fsp3) is 0.417. The summed E-state index contributed by atoms with van der Waals surface area (Å²) in [5, 5.41) is 4.48. The van der Waals surface area contributed by atoms with Crippen LogP contribution in [0.5, 0.6) is 0 Å². The van der Waals surface area contributed by atoms with E-state index in [0.717, 1.165) is 5.19 Å². The number of benzene rings is 1. The van der Waals surface area contributed by atoms with Crippen LogP contribution in [0, 0.1) is 0 Å². The van der Waals surface area contributed by atoms with Crippen LogP contribution in [0.1, 0.15) is 17.3 Å². The van der Waals surface area contributed by atoms with Gasteiger partial charge in [0.1, 0.15) is 0 Å². The van der Waals surface area contributed by atoms with Gasteiger partial charge < -0.3 is 5.32 Å². The SMILES string of the molecule is CCNC(=O)[14c]1[14c](Cl)[14cH][14cH][14cH][14c]1[Si](C)(C)C. The highest BCUT2D eigenvalue weighted by Gasteiger charge is 2.24. The Bertz CT molecular complexity index is 398. The molecule has 16 heavy (non-hydrogen) atoms. The molecule has 0 aliphatic rings. The van der Waals surface area contributed by atoms with E-state index in [0.29, 0.717) is 17.1 Å². The molecule has 0 aliphatic carbocycles. The number of carbonyl (C=O) groups excluding carboxylic acids is 1. The fourth-order valence-corrected chi connectivity index (χ4v) is 3.56. The van der Waals surface area contributed by atoms with E-state index in [1.807, 2.05) is 19.1 Å². The van der Waals surface area contributed by atoms with Gasteiger partial charge in [-0.3, -0.25) is 4.79 Å². The summed E-state index contributed by atoms with van der Waals surface area (Å²) in [6.07, 6.45) is 0. The van der Waals surface area contributed by atoms with Crippen molar-refractivity contribution in [2.45, 2.75) is 26.6 Å². The van der Waals surface area contributed by atoms with Gasteiger partial charge in [0.2, 0.25) is 0 Å². The second-order valence-corrected chi connectivity index (χ2v) is 10.2. The number of hydrogen-bond donors (Lipinski definition) is 1. The molecule has 0 fully saturated rings. The Morgan fingerprint density at radius 1 is 1.38 bits per heavy atom. The largest absolute Gasteiger partial charge is 0.352 e. The van der Waals surface area contributed by atoms with Crippen LogP contribution < -0.4 is 10.5 Å². The Balaban J connectivity index is 3.30. The predicted octanol–water partition coefficient (Wildman–Crippen LogP) is 2.63. The van der Waals surface area contributed by atoms with Crippen molar-refractivity contribution in [3.05, 3.63) is 28.8 Å². The second-order valence-electron chi connectivity index (χ2n) is 4.77. The molecule has 0 spiro atoms. The second kappa shape index (κ2) is 5.02. The number of amides is 1. The van der Waals surface area contributed by atoms with Crippen LogP contribution in [0.15, 0.2) is 18.2 Å². The molecule has 0 heterocycles. The molecule has 1 amide bonds. The summed E-state index contributed by atoms with van der Waals surface area (Å²) < 4.78 is 0. The first-order chi connectivity index (χ1) is 7.38. The molecule has 0 aliphatic heterocycles. The van der Waals surface area contributed by atoms with Gasteiger partial charge in [-0.2, -0.15) is 0 Å². The predicted molar refractivity (Wildman–Crippen MR) is 72.4 cm³/mol. The molecule has 0 atom stereocenters. The number of rotatable bonds is 3. The quantitative estimate of drug-likeness (QED) is 0.838. The Morgan fingerprint density at radius 3 is 2.50 bits per heavy atom. The maximum absolute atomic E-state index is 12.0. The molecule has 0 bridgehead atoms. The van der Waals surface area contributed by atoms with E-state index in [1.54, 1.807) is 6.07 Å². The van der Waals surface area contributed by atoms with E-state index in [2.05, 4.69) is 25.0 Å². The first-order valence-electron chi connectivity index (χ1n) is 5.45. The molecule has 1 N–H and O–H groups in total. The lowest BCUT2D eigenvalue weighted by Crippen LogP contribution is -2.43. The number of hydrogen-bond acceptors (Lipinski definition) is 1. The highest BCUT2D eigenvalue weighted by atomic mass is 35.5. The minimum atomic E-state index is -1.55. The third-order valence-electron chi connectivity index (χ3n) is 2.39. The lowest BCUT2D eigenvalue weighted by molar-refractivity contribution is 0.0957. The minimum Gasteiger partial charge on any atom is -0.352 e. The fourth-order valence-electron chi connectivity index (χ4n) is 1.63. The molecule has 0 saturated heterocycles. The zero-order chi connectivity index (χ0) is 12.3. The molecule has 0 saturated carbocycles. The van der Waals surface area contributed by atoms with Gasteiger partial charge in [-0.05, 0) is 18.2 Å². The van der Waals surface area contributed by atoms with Crippen LogP contribution in [0.4, 0.5) is 0 Å². The van der Waals surface area contributed by atoms with Gasteiger partial charge >= 0.3 is 0 Å². The van der Waals surface area contributed by atoms with E-state index in [9.17, 15) is 4.79 Å². The highest BCUT2D eigenvalue weighted by Crippen LogP contribution is 2.17. The van der Waals surface area contributed by atoms with Gasteiger partial charge in [0.25, 0.3) is 5.91 Å². The molecule has 0 aromatic heterocycles. The van der Waals surface area contributed by atoms with Crippen molar-refractivity contribution < 1.29 is 4.79 Å². The summed E-state index contributed by atoms with van der Waals surface area (Å²) >= 11 is 6.13. The Labute approximate surface area is 103 Å². The summed E-state index contributed by atoms with van der Waals surface area (Å²) in [7, 11) is -1.55. The van der Waals surface area contributed by atoms with Crippen LogP contribution in [-0.2, 0) is 0 Å². The average Bonchev–Trinajstić information content (AvgIpc) is 2.16. The summed E-state index contributed by atoms with van der Waals surface area (Å²) in [6, 6.07) is 5.71. The van der Waals surface area contributed by atoms with Crippen molar-refractivity contribution >= 4 is 30.8 Å². The Hall–Kier alpha value is -0.803. The zero-order valence-corrected chi connectivity index (χ0v) is 12.0. The number of nitrogens with one attached hydrogen (secondary N) is 1. The monoisotopic (exact) mass is 267 g/mol. The first-order valence-corrected chi connectivity index (χ1v) is 9.33. The summed E-state index contributed by atoms with van der Waals surface area (Å²) in [5.74, 6) is -0.0643. The van der Waals surface area contributed by atoms with Crippen LogP contribution in [0.25, 0.3) is 0 Å². The van der Waals surface area contributed by atoms with Crippen molar-refractivity contribution in [3.63, 3.8) is 0 Å². The van der Waals surface area contributed by atoms with Crippen LogP contribution in [-0.4, -0.2) is 20.5 Å². The zero-order valence-electron chi connectivity index (χ0n) is 10.2. The standard InChI is InChI=1S/C12H18ClNOSi/c1-5-14-12(15)11-9(13)7-6-8-10(11)16(2,3)4/h6-8H,5H2,1-4H3,(H,14,15)/i6+2,7+2,8+2,9+2,10+2,11+2. The summed E-state index contributed by atoms with van der Waals surface area (Å²) in [6.45, 7) is 9.16. The molecule has 0 radical (unpaired) electrons. The summed E-state index contributed by atoms with van der Waals surface area (Å²) in [4.78, 5) is 12.0. The van der Waals surface area contributed by atoms with Gasteiger partial charge in [0.05, 0.1) is 18.7 Å². The Morgan fingerprint density at radius 2 is 2.00 bits per heavy atom. The molecule has 1 rings (SSSR count). The molecule has 0 unspecified atom stereocenters. The van der Waals surface area contributed by atoms with E-state index in [4.69, 9.17) is 11.6 Å². The molecule has 4 heteroatoms. The number of carbonyl (C=O) groups is 1. The summed E-state index contributed by atoms with van der Waals surface area (Å²) in [5.41, 5.74) is 0.658. The third kappa shape index (κ3) is 2.86. The van der Waals surface area contributed by atoms with Crippen LogP contribution in [0.2, 0.25) is 24.7 Å². The molecule has 1 aromatic rings. The normalized spacial score (nSPS) is 11.3. The van der Waals surface area contributed by atoms with Crippen molar-refractivity contribution in [1.82, 2.24) is 5.32 Å². The van der Waals surface area contributed by atoms with E-state index in [-0.39, 0.29) is 5.91 Å². The average molecular weight is 268 g/mol. The van der Waals surface area contributed by atoms with Crippen molar-refractivity contribution in [2.24, 2.45) is 0 Å². The first kappa shape index (κ1) is 13.3. The van der Waals surface area contributed by atoms with Crippen LogP contribution in [0.3, 0.4) is 0 Å². The van der Waals surface area contributed by atoms with Crippen molar-refractivity contribution in [2.75, 3.05) is 6.54 Å². The maximum Gasteiger partial charge on any atom is 0.252 e. The van der Waals surface area contributed by atoms with Gasteiger partial charge in [0.15, 0.2) is 0 Å². The van der Waals surface area contributed by atoms with Gasteiger partial charge in [-0.25, -0.2) is 0 Å². The van der Waals surface area contributed by atoms with Crippen molar-refractivity contribution in [1.29, 1.82) is 0 Å². The van der Waals surface area contributed by atoms with E-state index >= 15 is 0 Å². The number of halogens is 1. The molecular formula is C12H18ClNOSi. The van der Waals surface area contributed by atoms with Crippen LogP contribution >= 0.6 is 11.6 Å². The third-order valence-corrected chi connectivity index (χ3v) is 4.73. The Kier molecular flexibility index (Phi) is 4.16. The van der Waals surface area contributed by atoms with E-state index in [1.165, 1.54) is 0 Å². The molecule has 88 valence electrons. The molecule has 2 nitrogen and oxygen atoms in total. The smallest absolute Gasteiger partial charge is 0.252 e. The molecular weight excluding hydrogens is 250 g/mol. The maximum atomic E-state index is 12.0. The lowest BCUT2D eigenvalue weighted by Gasteiger charge is -2.21. The van der Waals surface area contributed by atoms with Gasteiger partial charge in [-0.15, -0.1) is 0 Å². The van der Waals surface area contributed by atoms with Gasteiger partial charge in [0, 0.05) is 6.54 Å².